The lowest BCUT2D eigenvalue weighted by atomic mass is 9.82. The number of hydrogen-bond acceptors (Lipinski definition) is 1. The van der Waals surface area contributed by atoms with Crippen LogP contribution < -0.4 is 0 Å². The van der Waals surface area contributed by atoms with Crippen molar-refractivity contribution >= 4 is 0 Å². The third-order valence-corrected chi connectivity index (χ3v) is 7.32. The molecular weight excluding hydrogens is 452 g/mol. The molecule has 0 radical (unpaired) electrons. The molecule has 0 bridgehead atoms. The third kappa shape index (κ3) is 5.49. The van der Waals surface area contributed by atoms with E-state index in [9.17, 15) is 4.39 Å². The van der Waals surface area contributed by atoms with Crippen molar-refractivity contribution in [2.75, 3.05) is 0 Å². The highest BCUT2D eigenvalue weighted by molar-refractivity contribution is 5.75. The number of hydrogen-bond donors (Lipinski definition) is 0. The molecule has 1 atom stereocenters. The van der Waals surface area contributed by atoms with Crippen LogP contribution in [-0.4, -0.2) is 6.10 Å². The topological polar surface area (TPSA) is 9.23 Å². The molecule has 0 N–H and O–H groups in total. The second-order valence-electron chi connectivity index (χ2n) is 9.79. The van der Waals surface area contributed by atoms with E-state index in [4.69, 9.17) is 4.74 Å². The molecule has 35 heavy (non-hydrogen) atoms. The van der Waals surface area contributed by atoms with Crippen molar-refractivity contribution in [2.24, 2.45) is 0 Å². The molecule has 0 aromatic heterocycles. The number of ether oxygens (including phenoxy) is 1. The van der Waals surface area contributed by atoms with E-state index in [1.807, 2.05) is 0 Å². The first-order chi connectivity index (χ1) is 16.9. The number of fused-ring (bicyclic) bond motifs is 3. The average Bonchev–Trinajstić information content (AvgIpc) is 2.87. The number of unbranched alkanes of at least 4 members (excludes halogenated alkanes) is 2. The monoisotopic (exact) mass is 486 g/mol. The SMILES string of the molecule is C=CCCc1cc2c(c(F)c1F)-c1c(cc(CCC3=COC(CCCCC)CC3)c(F)c1F)CC2. The van der Waals surface area contributed by atoms with Gasteiger partial charge >= 0.3 is 0 Å². The predicted molar refractivity (Wildman–Crippen MR) is 132 cm³/mol. The average molecular weight is 487 g/mol. The molecule has 0 amide bonds. The normalized spacial score (nSPS) is 16.8. The number of rotatable bonds is 10. The lowest BCUT2D eigenvalue weighted by molar-refractivity contribution is 0.107. The Morgan fingerprint density at radius 3 is 2.03 bits per heavy atom. The van der Waals surface area contributed by atoms with Crippen molar-refractivity contribution in [1.29, 1.82) is 0 Å². The van der Waals surface area contributed by atoms with Crippen molar-refractivity contribution in [1.82, 2.24) is 0 Å². The fraction of sp³-hybridized carbons (Fsp3) is 0.467. The van der Waals surface area contributed by atoms with Crippen LogP contribution in [0.2, 0.25) is 0 Å². The van der Waals surface area contributed by atoms with Gasteiger partial charge in [0.2, 0.25) is 0 Å². The summed E-state index contributed by atoms with van der Waals surface area (Å²) in [6.07, 6.45) is 12.8. The highest BCUT2D eigenvalue weighted by Gasteiger charge is 2.30. The molecule has 0 saturated carbocycles. The first kappa shape index (κ1) is 25.5. The molecule has 0 spiro atoms. The van der Waals surface area contributed by atoms with Crippen LogP contribution in [-0.2, 0) is 30.4 Å². The van der Waals surface area contributed by atoms with Crippen molar-refractivity contribution in [3.8, 4) is 11.1 Å². The van der Waals surface area contributed by atoms with Gasteiger partial charge in [0.25, 0.3) is 0 Å². The van der Waals surface area contributed by atoms with E-state index >= 15 is 13.2 Å². The van der Waals surface area contributed by atoms with Gasteiger partial charge in [-0.25, -0.2) is 17.6 Å². The van der Waals surface area contributed by atoms with Gasteiger partial charge < -0.3 is 4.74 Å². The van der Waals surface area contributed by atoms with Crippen LogP contribution in [0.5, 0.6) is 0 Å². The lowest BCUT2D eigenvalue weighted by Gasteiger charge is -2.25. The second-order valence-corrected chi connectivity index (χ2v) is 9.79. The number of halogens is 4. The van der Waals surface area contributed by atoms with Crippen LogP contribution >= 0.6 is 0 Å². The molecule has 1 aliphatic heterocycles. The molecule has 1 aliphatic carbocycles. The first-order valence-electron chi connectivity index (χ1n) is 12.9. The Kier molecular flexibility index (Phi) is 8.35. The summed E-state index contributed by atoms with van der Waals surface area (Å²) < 4.78 is 66.0. The molecule has 2 aromatic rings. The van der Waals surface area contributed by atoms with Gasteiger partial charge in [-0.2, -0.15) is 0 Å². The molecular formula is C30H34F4O. The quantitative estimate of drug-likeness (QED) is 0.185. The molecule has 2 aliphatic rings. The second kappa shape index (κ2) is 11.5. The van der Waals surface area contributed by atoms with Crippen LogP contribution in [0.4, 0.5) is 17.6 Å². The summed E-state index contributed by atoms with van der Waals surface area (Å²) in [5.74, 6) is -4.13. The largest absolute Gasteiger partial charge is 0.498 e. The highest BCUT2D eigenvalue weighted by Crippen LogP contribution is 2.41. The Balaban J connectivity index is 1.52. The standard InChI is InChI=1S/C30H34F4O/c1-3-5-7-9-24-15-11-19(18-35-24)10-12-23-17-21-14-13-20-16-22(8-6-4-2)27(31)29(33)25(20)26(21)30(34)28(23)32/h4,16-18,24H,2-3,5-15H2,1H3. The Bertz CT molecular complexity index is 1120. The van der Waals surface area contributed by atoms with Crippen LogP contribution in [0.15, 0.2) is 36.6 Å². The summed E-state index contributed by atoms with van der Waals surface area (Å²) in [6, 6.07) is 3.23. The van der Waals surface area contributed by atoms with E-state index in [0.717, 1.165) is 31.3 Å². The van der Waals surface area contributed by atoms with Crippen LogP contribution in [0.1, 0.15) is 80.5 Å². The molecule has 188 valence electrons. The van der Waals surface area contributed by atoms with E-state index in [-0.39, 0.29) is 28.4 Å². The minimum absolute atomic E-state index is 0.130. The number of aryl methyl sites for hydroxylation is 4. The van der Waals surface area contributed by atoms with Crippen LogP contribution in [0.3, 0.4) is 0 Å². The van der Waals surface area contributed by atoms with E-state index < -0.39 is 23.3 Å². The van der Waals surface area contributed by atoms with Crippen LogP contribution in [0.25, 0.3) is 11.1 Å². The zero-order valence-corrected chi connectivity index (χ0v) is 20.5. The van der Waals surface area contributed by atoms with Crippen molar-refractivity contribution in [2.45, 2.75) is 90.1 Å². The Hall–Kier alpha value is -2.56. The predicted octanol–water partition coefficient (Wildman–Crippen LogP) is 8.70. The lowest BCUT2D eigenvalue weighted by Crippen LogP contribution is -2.15. The summed E-state index contributed by atoms with van der Waals surface area (Å²) in [4.78, 5) is 0. The minimum atomic E-state index is -1.09. The maximum atomic E-state index is 15.3. The van der Waals surface area contributed by atoms with Crippen LogP contribution in [0, 0.1) is 23.3 Å². The molecule has 5 heteroatoms. The van der Waals surface area contributed by atoms with E-state index in [2.05, 4.69) is 13.5 Å². The molecule has 2 aromatic carbocycles. The van der Waals surface area contributed by atoms with Gasteiger partial charge in [-0.05, 0) is 92.0 Å². The molecule has 1 unspecified atom stereocenters. The molecule has 4 rings (SSSR count). The van der Waals surface area contributed by atoms with Gasteiger partial charge in [0.1, 0.15) is 0 Å². The Morgan fingerprint density at radius 1 is 0.857 bits per heavy atom. The smallest absolute Gasteiger partial charge is 0.167 e. The summed E-state index contributed by atoms with van der Waals surface area (Å²) in [5.41, 5.74) is 2.42. The molecule has 1 heterocycles. The number of allylic oxidation sites excluding steroid dienone is 2. The number of benzene rings is 2. The van der Waals surface area contributed by atoms with E-state index in [1.54, 1.807) is 24.5 Å². The molecule has 1 nitrogen and oxygen atoms in total. The van der Waals surface area contributed by atoms with Crippen molar-refractivity contribution in [3.05, 3.63) is 82.1 Å². The Morgan fingerprint density at radius 2 is 1.49 bits per heavy atom. The van der Waals surface area contributed by atoms with Gasteiger partial charge in [0, 0.05) is 11.1 Å². The minimum Gasteiger partial charge on any atom is -0.498 e. The maximum Gasteiger partial charge on any atom is 0.167 e. The summed E-state index contributed by atoms with van der Waals surface area (Å²) >= 11 is 0. The van der Waals surface area contributed by atoms with E-state index in [1.165, 1.54) is 12.8 Å². The fourth-order valence-electron chi connectivity index (χ4n) is 5.28. The highest BCUT2D eigenvalue weighted by atomic mass is 19.2. The van der Waals surface area contributed by atoms with Gasteiger partial charge in [-0.1, -0.05) is 38.0 Å². The summed E-state index contributed by atoms with van der Waals surface area (Å²) in [6.45, 7) is 5.80. The van der Waals surface area contributed by atoms with Gasteiger partial charge in [0.05, 0.1) is 12.4 Å². The van der Waals surface area contributed by atoms with Crippen molar-refractivity contribution < 1.29 is 22.3 Å². The summed E-state index contributed by atoms with van der Waals surface area (Å²) in [7, 11) is 0. The Labute approximate surface area is 205 Å². The summed E-state index contributed by atoms with van der Waals surface area (Å²) in [5, 5.41) is 0. The van der Waals surface area contributed by atoms with Gasteiger partial charge in [0.15, 0.2) is 23.3 Å². The first-order valence-corrected chi connectivity index (χ1v) is 12.9. The van der Waals surface area contributed by atoms with Crippen molar-refractivity contribution in [3.63, 3.8) is 0 Å². The molecule has 0 fully saturated rings. The zero-order chi connectivity index (χ0) is 24.9. The fourth-order valence-corrected chi connectivity index (χ4v) is 5.28. The molecule has 0 saturated heterocycles. The van der Waals surface area contributed by atoms with Gasteiger partial charge in [-0.3, -0.25) is 0 Å². The van der Waals surface area contributed by atoms with Gasteiger partial charge in [-0.15, -0.1) is 6.58 Å². The van der Waals surface area contributed by atoms with E-state index in [0.29, 0.717) is 49.7 Å². The maximum absolute atomic E-state index is 15.3. The zero-order valence-electron chi connectivity index (χ0n) is 20.5. The third-order valence-electron chi connectivity index (χ3n) is 7.32.